The normalized spacial score (nSPS) is 14.7. The zero-order valence-corrected chi connectivity index (χ0v) is 13.8. The van der Waals surface area contributed by atoms with Gasteiger partial charge in [-0.3, -0.25) is 0 Å². The van der Waals surface area contributed by atoms with Gasteiger partial charge in [0, 0.05) is 52.6 Å². The number of aromatic nitrogens is 2. The summed E-state index contributed by atoms with van der Waals surface area (Å²) in [6, 6.07) is 1.89. The first-order valence-corrected chi connectivity index (χ1v) is 7.97. The number of carbonyl (C=O) groups excluding carboxylic acids is 1. The minimum atomic E-state index is -0.240. The number of amides is 1. The fraction of sp³-hybridized carbons (Fsp3) is 0.667. The summed E-state index contributed by atoms with van der Waals surface area (Å²) in [5.74, 6) is 1.49. The van der Waals surface area contributed by atoms with Crippen molar-refractivity contribution in [3.63, 3.8) is 0 Å². The van der Waals surface area contributed by atoms with Crippen LogP contribution in [0.25, 0.3) is 0 Å². The monoisotopic (exact) mass is 323 g/mol. The zero-order valence-electron chi connectivity index (χ0n) is 13.8. The topological polar surface area (TPSA) is 79.8 Å². The lowest BCUT2D eigenvalue weighted by atomic mass is 10.3. The van der Waals surface area contributed by atoms with Gasteiger partial charge in [0.05, 0.1) is 6.61 Å². The van der Waals surface area contributed by atoms with Crippen LogP contribution in [0.4, 0.5) is 16.6 Å². The average molecular weight is 323 g/mol. The molecule has 0 radical (unpaired) electrons. The largest absolute Gasteiger partial charge is 0.450 e. The maximum atomic E-state index is 11.7. The molecule has 8 nitrogen and oxygen atoms in total. The number of ether oxygens (including phenoxy) is 2. The van der Waals surface area contributed by atoms with E-state index in [4.69, 9.17) is 9.47 Å². The molecule has 2 rings (SSSR count). The number of piperazine rings is 1. The zero-order chi connectivity index (χ0) is 16.5. The second-order valence-electron chi connectivity index (χ2n) is 5.18. The highest BCUT2D eigenvalue weighted by atomic mass is 16.6. The molecule has 1 aromatic heterocycles. The Morgan fingerprint density at radius 1 is 1.35 bits per heavy atom. The predicted octanol–water partition coefficient (Wildman–Crippen LogP) is 1.20. The summed E-state index contributed by atoms with van der Waals surface area (Å²) >= 11 is 0. The van der Waals surface area contributed by atoms with Crippen LogP contribution >= 0.6 is 0 Å². The van der Waals surface area contributed by atoms with E-state index in [1.807, 2.05) is 13.0 Å². The minimum Gasteiger partial charge on any atom is -0.450 e. The maximum Gasteiger partial charge on any atom is 0.409 e. The number of nitrogens with zero attached hydrogens (tertiary/aromatic N) is 4. The van der Waals surface area contributed by atoms with E-state index in [0.29, 0.717) is 32.3 Å². The number of nitrogens with one attached hydrogen (secondary N) is 1. The summed E-state index contributed by atoms with van der Waals surface area (Å²) in [5.41, 5.74) is 0. The summed E-state index contributed by atoms with van der Waals surface area (Å²) in [6.45, 7) is 6.45. The Hall–Kier alpha value is -2.09. The first-order chi connectivity index (χ1) is 11.2. The Labute approximate surface area is 136 Å². The van der Waals surface area contributed by atoms with Gasteiger partial charge in [0.25, 0.3) is 0 Å². The first-order valence-electron chi connectivity index (χ1n) is 7.97. The van der Waals surface area contributed by atoms with Gasteiger partial charge in [-0.05, 0) is 19.4 Å². The Balaban J connectivity index is 1.84. The van der Waals surface area contributed by atoms with Crippen LogP contribution in [0.15, 0.2) is 12.3 Å². The van der Waals surface area contributed by atoms with Crippen LogP contribution in [0.1, 0.15) is 13.3 Å². The quantitative estimate of drug-likeness (QED) is 0.755. The molecule has 0 unspecified atom stereocenters. The molecule has 1 amide bonds. The van der Waals surface area contributed by atoms with Crippen molar-refractivity contribution in [2.45, 2.75) is 13.3 Å². The lowest BCUT2D eigenvalue weighted by Gasteiger charge is -2.34. The van der Waals surface area contributed by atoms with E-state index in [1.165, 1.54) is 0 Å². The lowest BCUT2D eigenvalue weighted by molar-refractivity contribution is 0.105. The maximum absolute atomic E-state index is 11.7. The van der Waals surface area contributed by atoms with Gasteiger partial charge in [-0.15, -0.1) is 0 Å². The van der Waals surface area contributed by atoms with Crippen molar-refractivity contribution in [2.75, 3.05) is 63.3 Å². The number of rotatable bonds is 7. The molecule has 0 spiro atoms. The number of hydrogen-bond donors (Lipinski definition) is 1. The molecule has 1 aliphatic heterocycles. The molecule has 0 saturated carbocycles. The third-order valence-electron chi connectivity index (χ3n) is 3.58. The highest BCUT2D eigenvalue weighted by Gasteiger charge is 2.22. The van der Waals surface area contributed by atoms with Crippen molar-refractivity contribution < 1.29 is 14.3 Å². The minimum absolute atomic E-state index is 0.240. The van der Waals surface area contributed by atoms with Crippen molar-refractivity contribution in [3.8, 4) is 0 Å². The molecule has 0 aliphatic carbocycles. The van der Waals surface area contributed by atoms with Gasteiger partial charge in [0.1, 0.15) is 5.82 Å². The highest BCUT2D eigenvalue weighted by Crippen LogP contribution is 2.15. The summed E-state index contributed by atoms with van der Waals surface area (Å²) in [4.78, 5) is 24.3. The average Bonchev–Trinajstić information content (AvgIpc) is 2.59. The van der Waals surface area contributed by atoms with Gasteiger partial charge in [-0.1, -0.05) is 0 Å². The van der Waals surface area contributed by atoms with Crippen LogP contribution in [0.2, 0.25) is 0 Å². The Morgan fingerprint density at radius 2 is 2.13 bits per heavy atom. The number of anilines is 2. The van der Waals surface area contributed by atoms with E-state index < -0.39 is 0 Å². The molecule has 0 atom stereocenters. The third kappa shape index (κ3) is 5.24. The van der Waals surface area contributed by atoms with Crippen molar-refractivity contribution >= 4 is 17.9 Å². The summed E-state index contributed by atoms with van der Waals surface area (Å²) < 4.78 is 10.0. The molecule has 1 N–H and O–H groups in total. The predicted molar refractivity (Wildman–Crippen MR) is 87.8 cm³/mol. The molecule has 1 saturated heterocycles. The van der Waals surface area contributed by atoms with E-state index in [0.717, 1.165) is 31.9 Å². The SMILES string of the molecule is CCOC(=O)N1CCN(c2ccnc(NCCCOC)n2)CC1. The molecule has 0 aromatic carbocycles. The van der Waals surface area contributed by atoms with E-state index >= 15 is 0 Å². The molecular formula is C15H25N5O3. The molecule has 8 heteroatoms. The van der Waals surface area contributed by atoms with Gasteiger partial charge >= 0.3 is 6.09 Å². The third-order valence-corrected chi connectivity index (χ3v) is 3.58. The van der Waals surface area contributed by atoms with E-state index in [1.54, 1.807) is 18.2 Å². The number of methoxy groups -OCH3 is 1. The molecule has 1 aromatic rings. The Kier molecular flexibility index (Phi) is 6.86. The molecular weight excluding hydrogens is 298 g/mol. The van der Waals surface area contributed by atoms with Crippen LogP contribution in [-0.4, -0.2) is 74.0 Å². The van der Waals surface area contributed by atoms with Gasteiger partial charge in [0.15, 0.2) is 0 Å². The molecule has 128 valence electrons. The first kappa shape index (κ1) is 17.3. The van der Waals surface area contributed by atoms with Crippen molar-refractivity contribution in [1.29, 1.82) is 0 Å². The Bertz CT molecular complexity index is 492. The molecule has 1 aliphatic rings. The van der Waals surface area contributed by atoms with Gasteiger partial charge in [0.2, 0.25) is 5.95 Å². The lowest BCUT2D eigenvalue weighted by Crippen LogP contribution is -2.49. The van der Waals surface area contributed by atoms with Gasteiger partial charge < -0.3 is 24.6 Å². The second-order valence-corrected chi connectivity index (χ2v) is 5.18. The van der Waals surface area contributed by atoms with Crippen LogP contribution in [0.5, 0.6) is 0 Å². The summed E-state index contributed by atoms with van der Waals surface area (Å²) in [7, 11) is 1.69. The van der Waals surface area contributed by atoms with Crippen LogP contribution < -0.4 is 10.2 Å². The van der Waals surface area contributed by atoms with Crippen LogP contribution in [-0.2, 0) is 9.47 Å². The van der Waals surface area contributed by atoms with E-state index in [2.05, 4.69) is 20.2 Å². The second kappa shape index (κ2) is 9.14. The molecule has 23 heavy (non-hydrogen) atoms. The fourth-order valence-corrected chi connectivity index (χ4v) is 2.36. The summed E-state index contributed by atoms with van der Waals surface area (Å²) in [5, 5.41) is 3.19. The number of hydrogen-bond acceptors (Lipinski definition) is 7. The van der Waals surface area contributed by atoms with Crippen LogP contribution in [0, 0.1) is 0 Å². The van der Waals surface area contributed by atoms with Crippen molar-refractivity contribution in [1.82, 2.24) is 14.9 Å². The van der Waals surface area contributed by atoms with E-state index in [9.17, 15) is 4.79 Å². The van der Waals surface area contributed by atoms with Gasteiger partial charge in [-0.2, -0.15) is 4.98 Å². The smallest absolute Gasteiger partial charge is 0.409 e. The molecule has 2 heterocycles. The highest BCUT2D eigenvalue weighted by molar-refractivity contribution is 5.68. The van der Waals surface area contributed by atoms with Gasteiger partial charge in [-0.25, -0.2) is 9.78 Å². The summed E-state index contributed by atoms with van der Waals surface area (Å²) in [6.07, 6.45) is 2.41. The van der Waals surface area contributed by atoms with Crippen LogP contribution in [0.3, 0.4) is 0 Å². The molecule has 0 bridgehead atoms. The molecule has 1 fully saturated rings. The number of carbonyl (C=O) groups is 1. The Morgan fingerprint density at radius 3 is 2.83 bits per heavy atom. The van der Waals surface area contributed by atoms with E-state index in [-0.39, 0.29) is 6.09 Å². The van der Waals surface area contributed by atoms with Crippen molar-refractivity contribution in [3.05, 3.63) is 12.3 Å². The standard InChI is InChI=1S/C15H25N5O3/c1-3-23-15(21)20-10-8-19(9-11-20)13-5-7-17-14(18-13)16-6-4-12-22-2/h5,7H,3-4,6,8-12H2,1-2H3,(H,16,17,18). The van der Waals surface area contributed by atoms with Crippen molar-refractivity contribution in [2.24, 2.45) is 0 Å². The fourth-order valence-electron chi connectivity index (χ4n) is 2.36.